The molecule has 0 amide bonds. The Morgan fingerprint density at radius 2 is 1.18 bits per heavy atom. The molecule has 1 heteroatoms. The molecule has 1 aliphatic rings. The van der Waals surface area contributed by atoms with E-state index in [-0.39, 0.29) is 0 Å². The zero-order valence-electron chi connectivity index (χ0n) is 30.6. The highest BCUT2D eigenvalue weighted by atomic mass is 16.5. The number of unbranched alkanes of at least 4 members (excludes halogenated alkanes) is 8. The Morgan fingerprint density at radius 3 is 1.68 bits per heavy atom. The van der Waals surface area contributed by atoms with Crippen LogP contribution < -0.4 is 0 Å². The molecule has 0 atom stereocenters. The van der Waals surface area contributed by atoms with Crippen molar-refractivity contribution in [2.24, 2.45) is 0 Å². The lowest BCUT2D eigenvalue weighted by Crippen LogP contribution is -1.94. The molecule has 0 spiro atoms. The fraction of sp³-hybridized carbons (Fsp3) is 0.628. The van der Waals surface area contributed by atoms with Crippen LogP contribution in [0.15, 0.2) is 72.5 Å². The number of allylic oxidation sites excluding steroid dienone is 4. The van der Waals surface area contributed by atoms with Crippen LogP contribution in [0.5, 0.6) is 0 Å². The van der Waals surface area contributed by atoms with Gasteiger partial charge in [0.1, 0.15) is 0 Å². The van der Waals surface area contributed by atoms with E-state index in [2.05, 4.69) is 122 Å². The van der Waals surface area contributed by atoms with Crippen LogP contribution in [-0.4, -0.2) is 6.61 Å². The smallest absolute Gasteiger partial charge is 0.0956 e. The summed E-state index contributed by atoms with van der Waals surface area (Å²) >= 11 is 0. The van der Waals surface area contributed by atoms with Crippen molar-refractivity contribution < 1.29 is 4.74 Å². The first-order chi connectivity index (χ1) is 21.5. The van der Waals surface area contributed by atoms with Gasteiger partial charge in [0.15, 0.2) is 0 Å². The number of hydrogen-bond donors (Lipinski definition) is 0. The van der Waals surface area contributed by atoms with E-state index < -0.39 is 0 Å². The van der Waals surface area contributed by atoms with E-state index in [0.29, 0.717) is 0 Å². The summed E-state index contributed by atoms with van der Waals surface area (Å²) in [5.74, 6) is 1.93. The molecule has 0 aromatic heterocycles. The zero-order valence-corrected chi connectivity index (χ0v) is 30.6. The summed E-state index contributed by atoms with van der Waals surface area (Å²) in [5.41, 5.74) is 5.95. The lowest BCUT2D eigenvalue weighted by Gasteiger charge is -2.07. The van der Waals surface area contributed by atoms with Crippen LogP contribution >= 0.6 is 0 Å². The number of benzene rings is 2. The highest BCUT2D eigenvalue weighted by Crippen LogP contribution is 2.41. The maximum atomic E-state index is 5.83. The van der Waals surface area contributed by atoms with Gasteiger partial charge in [-0.2, -0.15) is 0 Å². The zero-order chi connectivity index (χ0) is 32.7. The number of aryl methyl sites for hydroxylation is 2. The van der Waals surface area contributed by atoms with Gasteiger partial charge in [0.05, 0.1) is 12.4 Å². The second-order valence-corrected chi connectivity index (χ2v) is 12.2. The molecule has 2 aromatic rings. The second kappa shape index (κ2) is 30.7. The first-order valence-electron chi connectivity index (χ1n) is 18.6. The minimum Gasteiger partial charge on any atom is -0.498 e. The average Bonchev–Trinajstić information content (AvgIpc) is 3.90. The molecule has 0 bridgehead atoms. The van der Waals surface area contributed by atoms with Gasteiger partial charge in [-0.15, -0.1) is 0 Å². The van der Waals surface area contributed by atoms with Crippen molar-refractivity contribution in [3.8, 4) is 0 Å². The van der Waals surface area contributed by atoms with Gasteiger partial charge < -0.3 is 4.74 Å². The largest absolute Gasteiger partial charge is 0.498 e. The molecule has 0 unspecified atom stereocenters. The van der Waals surface area contributed by atoms with Crippen LogP contribution in [0.1, 0.15) is 173 Å². The molecule has 0 N–H and O–H groups in total. The highest BCUT2D eigenvalue weighted by Gasteiger charge is 2.24. The predicted molar refractivity (Wildman–Crippen MR) is 200 cm³/mol. The Labute approximate surface area is 276 Å². The summed E-state index contributed by atoms with van der Waals surface area (Å²) in [6.07, 6.45) is 28.5. The maximum absolute atomic E-state index is 5.83. The summed E-state index contributed by atoms with van der Waals surface area (Å²) < 4.78 is 5.83. The lowest BCUT2D eigenvalue weighted by atomic mass is 10.0. The summed E-state index contributed by atoms with van der Waals surface area (Å²) in [6.45, 7) is 18.5. The summed E-state index contributed by atoms with van der Waals surface area (Å²) in [5, 5.41) is 0. The number of ether oxygens (including phenoxy) is 1. The van der Waals surface area contributed by atoms with Gasteiger partial charge in [0.2, 0.25) is 0 Å². The number of rotatable bonds is 18. The fourth-order valence-electron chi connectivity index (χ4n) is 4.87. The monoisotopic (exact) mass is 605 g/mol. The Kier molecular flexibility index (Phi) is 29.1. The third kappa shape index (κ3) is 23.1. The predicted octanol–water partition coefficient (Wildman–Crippen LogP) is 14.3. The van der Waals surface area contributed by atoms with Gasteiger partial charge in [-0.1, -0.05) is 180 Å². The van der Waals surface area contributed by atoms with Crippen LogP contribution in [-0.2, 0) is 17.6 Å². The second-order valence-electron chi connectivity index (χ2n) is 12.2. The van der Waals surface area contributed by atoms with Crippen molar-refractivity contribution in [3.63, 3.8) is 0 Å². The van der Waals surface area contributed by atoms with Crippen molar-refractivity contribution in [2.45, 2.75) is 170 Å². The van der Waals surface area contributed by atoms with Crippen LogP contribution in [0.3, 0.4) is 0 Å². The van der Waals surface area contributed by atoms with Gasteiger partial charge >= 0.3 is 0 Å². The topological polar surface area (TPSA) is 9.23 Å². The molecule has 0 heterocycles. The highest BCUT2D eigenvalue weighted by molar-refractivity contribution is 5.34. The third-order valence-corrected chi connectivity index (χ3v) is 7.91. The molecule has 1 nitrogen and oxygen atoms in total. The normalized spacial score (nSPS) is 12.4. The third-order valence-electron chi connectivity index (χ3n) is 7.91. The molecule has 0 saturated heterocycles. The molecular formula is C43H72O. The molecule has 1 fully saturated rings. The Balaban J connectivity index is 0.000000689. The molecule has 3 rings (SSSR count). The summed E-state index contributed by atoms with van der Waals surface area (Å²) in [6, 6.07) is 17.5. The molecule has 1 aliphatic carbocycles. The van der Waals surface area contributed by atoms with Crippen LogP contribution in [0.25, 0.3) is 0 Å². The maximum Gasteiger partial charge on any atom is 0.0956 e. The van der Waals surface area contributed by atoms with Gasteiger partial charge in [0.25, 0.3) is 0 Å². The van der Waals surface area contributed by atoms with E-state index in [1.807, 2.05) is 0 Å². The molecule has 1 saturated carbocycles. The molecular weight excluding hydrogens is 532 g/mol. The van der Waals surface area contributed by atoms with E-state index in [1.54, 1.807) is 5.56 Å². The SMILES string of the molecule is CCCCCC.CCCCCC.CCCCCO/C(=C/C=C\Cc1ccccc1C1CC1)CC.CCCc1ccccc1C. The Morgan fingerprint density at radius 1 is 0.659 bits per heavy atom. The van der Waals surface area contributed by atoms with Crippen molar-refractivity contribution in [1.82, 2.24) is 0 Å². The molecule has 2 aromatic carbocycles. The van der Waals surface area contributed by atoms with Crippen molar-refractivity contribution >= 4 is 0 Å². The van der Waals surface area contributed by atoms with E-state index in [4.69, 9.17) is 4.74 Å². The first-order valence-corrected chi connectivity index (χ1v) is 18.6. The summed E-state index contributed by atoms with van der Waals surface area (Å²) in [7, 11) is 0. The van der Waals surface area contributed by atoms with E-state index >= 15 is 0 Å². The van der Waals surface area contributed by atoms with Crippen LogP contribution in [0, 0.1) is 6.92 Å². The van der Waals surface area contributed by atoms with E-state index in [1.165, 1.54) is 107 Å². The van der Waals surface area contributed by atoms with E-state index in [0.717, 1.165) is 37.5 Å². The molecule has 44 heavy (non-hydrogen) atoms. The van der Waals surface area contributed by atoms with Gasteiger partial charge in [-0.3, -0.25) is 0 Å². The molecule has 0 radical (unpaired) electrons. The van der Waals surface area contributed by atoms with Crippen LogP contribution in [0.2, 0.25) is 0 Å². The van der Waals surface area contributed by atoms with Gasteiger partial charge in [0, 0.05) is 6.42 Å². The lowest BCUT2D eigenvalue weighted by molar-refractivity contribution is 0.198. The minimum atomic E-state index is 0.827. The molecule has 250 valence electrons. The first kappa shape index (κ1) is 41.7. The Hall–Kier alpha value is -2.28. The standard InChI is InChI=1S/C21H30O.C10H14.2C6H14/c1-3-5-10-17-22-20(4-2)13-8-6-11-18-12-7-9-14-21(18)19-15-16-19;1-3-6-10-8-5-4-7-9(10)2;2*1-3-5-6-4-2/h6-9,12-14,19H,3-5,10-11,15-17H2,1-2H3;4-5,7-8H,3,6H2,1-2H3;2*3-6H2,1-2H3/b8-6-,20-13+;;;. The minimum absolute atomic E-state index is 0.827. The quantitative estimate of drug-likeness (QED) is 0.0934. The van der Waals surface area contributed by atoms with E-state index in [9.17, 15) is 0 Å². The van der Waals surface area contributed by atoms with Crippen LogP contribution in [0.4, 0.5) is 0 Å². The van der Waals surface area contributed by atoms with Crippen molar-refractivity contribution in [3.05, 3.63) is 94.8 Å². The number of hydrogen-bond acceptors (Lipinski definition) is 1. The Bertz CT molecular complexity index is 933. The average molecular weight is 605 g/mol. The van der Waals surface area contributed by atoms with Crippen molar-refractivity contribution in [2.75, 3.05) is 6.61 Å². The van der Waals surface area contributed by atoms with Gasteiger partial charge in [-0.05, 0) is 73.3 Å². The summed E-state index contributed by atoms with van der Waals surface area (Å²) in [4.78, 5) is 0. The molecule has 0 aliphatic heterocycles. The van der Waals surface area contributed by atoms with Gasteiger partial charge in [-0.25, -0.2) is 0 Å². The van der Waals surface area contributed by atoms with Crippen molar-refractivity contribution in [1.29, 1.82) is 0 Å². The fourth-order valence-corrected chi connectivity index (χ4v) is 4.87.